The number of aliphatic hydroxyl groups is 1. The van der Waals surface area contributed by atoms with Crippen molar-refractivity contribution in [3.05, 3.63) is 72.0 Å². The molecule has 1 aromatic carbocycles. The molecule has 3 heterocycles. The first-order valence-corrected chi connectivity index (χ1v) is 13.6. The van der Waals surface area contributed by atoms with E-state index in [1.807, 2.05) is 48.0 Å². The topological polar surface area (TPSA) is 150 Å². The smallest absolute Gasteiger partial charge is 0.323 e. The molecule has 0 unspecified atom stereocenters. The molecule has 0 aliphatic heterocycles. The summed E-state index contributed by atoms with van der Waals surface area (Å²) < 4.78 is 1.80. The molecule has 0 aliphatic rings. The lowest BCUT2D eigenvalue weighted by atomic mass is 10.0. The Bertz CT molecular complexity index is 1440. The molecule has 13 heteroatoms. The van der Waals surface area contributed by atoms with Gasteiger partial charge >= 0.3 is 5.97 Å². The molecule has 39 heavy (non-hydrogen) atoms. The van der Waals surface area contributed by atoms with Crippen LogP contribution in [0, 0.1) is 0 Å². The highest BCUT2D eigenvalue weighted by atomic mass is 32.2. The minimum Gasteiger partial charge on any atom is -0.480 e. The third-order valence-electron chi connectivity index (χ3n) is 5.30. The SMILES string of the molecule is CO.CSn1ccc(C(=O)NCC(=O)Nc2nc(-c3cccc(-c4ccnc(N(C)CC(=O)O)c4)c3)cs2)c1. The number of amides is 2. The van der Waals surface area contributed by atoms with Crippen LogP contribution in [0.25, 0.3) is 22.4 Å². The van der Waals surface area contributed by atoms with Crippen LogP contribution in [0.2, 0.25) is 0 Å². The first-order valence-electron chi connectivity index (χ1n) is 11.5. The summed E-state index contributed by atoms with van der Waals surface area (Å²) >= 11 is 2.75. The van der Waals surface area contributed by atoms with Crippen molar-refractivity contribution in [3.8, 4) is 22.4 Å². The van der Waals surface area contributed by atoms with Crippen LogP contribution in [-0.2, 0) is 9.59 Å². The standard InChI is InChI=1S/C25H24N6O4S2.CH4O/c1-30(14-23(33)34)21-11-17(6-8-26-21)16-4-3-5-18(10-16)20-15-37-25(28-20)29-22(32)12-27-24(35)19-7-9-31(13-19)36-2;1-2/h3-11,13,15H,12,14H2,1-2H3,(H,27,35)(H,33,34)(H,28,29,32);2H,1H3. The average molecular weight is 569 g/mol. The van der Waals surface area contributed by atoms with Crippen LogP contribution in [0.3, 0.4) is 0 Å². The number of aliphatic carboxylic acids is 1. The number of benzene rings is 1. The molecule has 0 radical (unpaired) electrons. The fourth-order valence-electron chi connectivity index (χ4n) is 3.46. The molecule has 0 bridgehead atoms. The zero-order valence-electron chi connectivity index (χ0n) is 21.5. The third kappa shape index (κ3) is 8.14. The molecule has 4 rings (SSSR count). The minimum absolute atomic E-state index is 0.154. The number of pyridine rings is 1. The largest absolute Gasteiger partial charge is 0.480 e. The lowest BCUT2D eigenvalue weighted by Crippen LogP contribution is -2.32. The lowest BCUT2D eigenvalue weighted by Gasteiger charge is -2.16. The molecule has 0 fully saturated rings. The summed E-state index contributed by atoms with van der Waals surface area (Å²) in [6.45, 7) is -0.326. The van der Waals surface area contributed by atoms with Crippen LogP contribution in [0.4, 0.5) is 10.9 Å². The highest BCUT2D eigenvalue weighted by Crippen LogP contribution is 2.29. The summed E-state index contributed by atoms with van der Waals surface area (Å²) in [5.41, 5.74) is 3.84. The van der Waals surface area contributed by atoms with Crippen LogP contribution < -0.4 is 15.5 Å². The Morgan fingerprint density at radius 3 is 2.56 bits per heavy atom. The van der Waals surface area contributed by atoms with Gasteiger partial charge in [0.25, 0.3) is 5.91 Å². The second kappa shape index (κ2) is 14.1. The maximum absolute atomic E-state index is 12.3. The van der Waals surface area contributed by atoms with Gasteiger partial charge < -0.3 is 25.7 Å². The number of nitrogens with zero attached hydrogens (tertiary/aromatic N) is 4. The lowest BCUT2D eigenvalue weighted by molar-refractivity contribution is -0.135. The Morgan fingerprint density at radius 1 is 1.10 bits per heavy atom. The number of thiazole rings is 1. The second-order valence-corrected chi connectivity index (χ2v) is 9.59. The number of anilines is 2. The number of hydrogen-bond acceptors (Lipinski definition) is 9. The number of likely N-dealkylation sites (N-methyl/N-ethyl adjacent to an activating group) is 1. The van der Waals surface area contributed by atoms with Gasteiger partial charge in [0.05, 0.1) is 17.8 Å². The molecule has 2 amide bonds. The summed E-state index contributed by atoms with van der Waals surface area (Å²) in [7, 11) is 2.68. The number of carboxylic acids is 1. The van der Waals surface area contributed by atoms with Gasteiger partial charge in [-0.25, -0.2) is 9.97 Å². The number of hydrogen-bond donors (Lipinski definition) is 4. The summed E-state index contributed by atoms with van der Waals surface area (Å²) in [5.74, 6) is -1.08. The predicted octanol–water partition coefficient (Wildman–Crippen LogP) is 3.30. The molecule has 0 spiro atoms. The van der Waals surface area contributed by atoms with E-state index in [-0.39, 0.29) is 24.9 Å². The second-order valence-electron chi connectivity index (χ2n) is 7.94. The van der Waals surface area contributed by atoms with Crippen LogP contribution in [0.15, 0.2) is 66.4 Å². The molecular weight excluding hydrogens is 540 g/mol. The summed E-state index contributed by atoms with van der Waals surface area (Å²) in [6.07, 6.45) is 7.01. The van der Waals surface area contributed by atoms with E-state index in [2.05, 4.69) is 20.6 Å². The van der Waals surface area contributed by atoms with Gasteiger partial charge in [-0.2, -0.15) is 0 Å². The Balaban J connectivity index is 0.00000205. The summed E-state index contributed by atoms with van der Waals surface area (Å²) in [6, 6.07) is 13.1. The van der Waals surface area contributed by atoms with Crippen molar-refractivity contribution in [3.63, 3.8) is 0 Å². The van der Waals surface area contributed by atoms with Crippen LogP contribution in [0.5, 0.6) is 0 Å². The van der Waals surface area contributed by atoms with E-state index >= 15 is 0 Å². The molecule has 0 aliphatic carbocycles. The summed E-state index contributed by atoms with van der Waals surface area (Å²) in [4.78, 5) is 45.9. The fraction of sp³-hybridized carbons (Fsp3) is 0.192. The third-order valence-corrected chi connectivity index (χ3v) is 6.71. The van der Waals surface area contributed by atoms with E-state index in [4.69, 9.17) is 10.2 Å². The quantitative estimate of drug-likeness (QED) is 0.226. The minimum atomic E-state index is -0.934. The molecule has 0 saturated carbocycles. The van der Waals surface area contributed by atoms with Gasteiger partial charge in [-0.1, -0.05) is 18.2 Å². The Hall–Kier alpha value is -4.20. The number of nitrogens with one attached hydrogen (secondary N) is 2. The number of aromatic nitrogens is 3. The van der Waals surface area contributed by atoms with Crippen molar-refractivity contribution in [2.24, 2.45) is 0 Å². The molecule has 204 valence electrons. The van der Waals surface area contributed by atoms with Gasteiger partial charge in [-0.05, 0) is 47.3 Å². The van der Waals surface area contributed by atoms with Crippen molar-refractivity contribution in [1.82, 2.24) is 19.3 Å². The van der Waals surface area contributed by atoms with Gasteiger partial charge in [0, 0.05) is 49.9 Å². The van der Waals surface area contributed by atoms with Gasteiger partial charge in [-0.3, -0.25) is 18.4 Å². The monoisotopic (exact) mass is 568 g/mol. The Labute approximate surface area is 233 Å². The molecule has 0 atom stereocenters. The summed E-state index contributed by atoms with van der Waals surface area (Å²) in [5, 5.41) is 23.6. The first kappa shape index (κ1) is 29.4. The Morgan fingerprint density at radius 2 is 1.85 bits per heavy atom. The zero-order valence-corrected chi connectivity index (χ0v) is 23.1. The molecular formula is C26H28N6O5S2. The van der Waals surface area contributed by atoms with E-state index in [1.54, 1.807) is 40.6 Å². The van der Waals surface area contributed by atoms with Crippen LogP contribution in [0.1, 0.15) is 10.4 Å². The molecule has 4 N–H and O–H groups in total. The number of rotatable bonds is 10. The van der Waals surface area contributed by atoms with E-state index < -0.39 is 5.97 Å². The van der Waals surface area contributed by atoms with Gasteiger partial charge in [0.2, 0.25) is 5.91 Å². The predicted molar refractivity (Wildman–Crippen MR) is 154 cm³/mol. The van der Waals surface area contributed by atoms with E-state index in [0.717, 1.165) is 23.8 Å². The van der Waals surface area contributed by atoms with E-state index in [1.165, 1.54) is 23.3 Å². The van der Waals surface area contributed by atoms with Crippen LogP contribution in [-0.4, -0.2) is 75.4 Å². The van der Waals surface area contributed by atoms with Crippen molar-refractivity contribution < 1.29 is 24.6 Å². The van der Waals surface area contributed by atoms with Crippen molar-refractivity contribution in [1.29, 1.82) is 0 Å². The van der Waals surface area contributed by atoms with Crippen molar-refractivity contribution in [2.45, 2.75) is 0 Å². The van der Waals surface area contributed by atoms with Crippen molar-refractivity contribution >= 4 is 52.0 Å². The Kier molecular flexibility index (Phi) is 10.6. The maximum atomic E-state index is 12.3. The van der Waals surface area contributed by atoms with Crippen molar-refractivity contribution in [2.75, 3.05) is 43.7 Å². The molecule has 4 aromatic rings. The zero-order chi connectivity index (χ0) is 28.4. The number of carbonyl (C=O) groups excluding carboxylic acids is 2. The number of aliphatic hydroxyl groups excluding tert-OH is 1. The average Bonchev–Trinajstić information content (AvgIpc) is 3.63. The molecule has 3 aromatic heterocycles. The number of carboxylic acid groups (broad SMARTS) is 1. The number of carbonyl (C=O) groups is 3. The van der Waals surface area contributed by atoms with Crippen LogP contribution >= 0.6 is 23.3 Å². The first-order chi connectivity index (χ1) is 18.8. The molecule has 0 saturated heterocycles. The fourth-order valence-corrected chi connectivity index (χ4v) is 4.60. The highest BCUT2D eigenvalue weighted by molar-refractivity contribution is 7.97. The van der Waals surface area contributed by atoms with Gasteiger partial charge in [-0.15, -0.1) is 11.3 Å². The van der Waals surface area contributed by atoms with E-state index in [9.17, 15) is 14.4 Å². The normalized spacial score (nSPS) is 10.3. The maximum Gasteiger partial charge on any atom is 0.323 e. The van der Waals surface area contributed by atoms with E-state index in [0.29, 0.717) is 22.2 Å². The van der Waals surface area contributed by atoms with Gasteiger partial charge in [0.15, 0.2) is 5.13 Å². The molecule has 11 nitrogen and oxygen atoms in total. The highest BCUT2D eigenvalue weighted by Gasteiger charge is 2.13. The van der Waals surface area contributed by atoms with Gasteiger partial charge in [0.1, 0.15) is 12.4 Å².